The van der Waals surface area contributed by atoms with Gasteiger partial charge in [0.2, 0.25) is 0 Å². The number of anilines is 1. The van der Waals surface area contributed by atoms with Gasteiger partial charge in [-0.1, -0.05) is 24.6 Å². The fourth-order valence-electron chi connectivity index (χ4n) is 2.74. The Morgan fingerprint density at radius 2 is 2.15 bits per heavy atom. The molecule has 1 unspecified atom stereocenters. The molecular weight excluding hydrogens is 487 g/mol. The standard InChI is InChI=1S/C17H27ClN4O2S.HI/c1-3-19-17(20-9-11-25(23,24)4-2)21-15-8-10-22(13-15)16-7-5-6-14(18)12-16;/h5-7,12,15H,3-4,8-11,13H2,1-2H3,(H2,19,20,21);1H. The third-order valence-corrected chi connectivity index (χ3v) is 6.08. The summed E-state index contributed by atoms with van der Waals surface area (Å²) in [6.45, 7) is 6.46. The first-order chi connectivity index (χ1) is 11.9. The molecule has 0 aliphatic carbocycles. The maximum atomic E-state index is 11.6. The molecule has 1 saturated heterocycles. The second-order valence-electron chi connectivity index (χ2n) is 6.05. The Kier molecular flexibility index (Phi) is 10.0. The van der Waals surface area contributed by atoms with Crippen molar-refractivity contribution < 1.29 is 8.42 Å². The van der Waals surface area contributed by atoms with E-state index in [0.717, 1.165) is 36.8 Å². The summed E-state index contributed by atoms with van der Waals surface area (Å²) in [5, 5.41) is 7.32. The summed E-state index contributed by atoms with van der Waals surface area (Å²) in [5.74, 6) is 0.912. The van der Waals surface area contributed by atoms with Crippen molar-refractivity contribution in [2.24, 2.45) is 4.99 Å². The van der Waals surface area contributed by atoms with Crippen LogP contribution in [0, 0.1) is 0 Å². The molecule has 0 saturated carbocycles. The van der Waals surface area contributed by atoms with Gasteiger partial charge in [0, 0.05) is 42.1 Å². The Bertz CT molecular complexity index is 700. The summed E-state index contributed by atoms with van der Waals surface area (Å²) in [6, 6.07) is 8.12. The lowest BCUT2D eigenvalue weighted by Crippen LogP contribution is -2.44. The van der Waals surface area contributed by atoms with Crippen LogP contribution in [0.25, 0.3) is 0 Å². The van der Waals surface area contributed by atoms with Gasteiger partial charge in [-0.2, -0.15) is 0 Å². The van der Waals surface area contributed by atoms with Crippen LogP contribution in [0.15, 0.2) is 29.3 Å². The van der Waals surface area contributed by atoms with E-state index in [0.29, 0.717) is 5.96 Å². The smallest absolute Gasteiger partial charge is 0.191 e. The molecule has 0 bridgehead atoms. The van der Waals surface area contributed by atoms with Crippen molar-refractivity contribution in [3.8, 4) is 0 Å². The van der Waals surface area contributed by atoms with Crippen molar-refractivity contribution in [1.29, 1.82) is 0 Å². The zero-order chi connectivity index (χ0) is 18.3. The lowest BCUT2D eigenvalue weighted by Gasteiger charge is -2.20. The summed E-state index contributed by atoms with van der Waals surface area (Å²) in [5.41, 5.74) is 1.12. The van der Waals surface area contributed by atoms with E-state index in [9.17, 15) is 8.42 Å². The Labute approximate surface area is 178 Å². The molecule has 0 radical (unpaired) electrons. The Hall–Kier alpha value is -0.740. The van der Waals surface area contributed by atoms with E-state index >= 15 is 0 Å². The quantitative estimate of drug-likeness (QED) is 0.332. The Balaban J connectivity index is 0.00000338. The van der Waals surface area contributed by atoms with Gasteiger partial charge in [-0.15, -0.1) is 24.0 Å². The number of sulfone groups is 1. The van der Waals surface area contributed by atoms with Crippen LogP contribution < -0.4 is 15.5 Å². The van der Waals surface area contributed by atoms with E-state index in [1.165, 1.54) is 0 Å². The second-order valence-corrected chi connectivity index (χ2v) is 8.96. The van der Waals surface area contributed by atoms with Gasteiger partial charge in [0.05, 0.1) is 12.3 Å². The highest BCUT2D eigenvalue weighted by Gasteiger charge is 2.23. The minimum Gasteiger partial charge on any atom is -0.369 e. The van der Waals surface area contributed by atoms with Crippen LogP contribution in [-0.4, -0.2) is 58.1 Å². The number of halogens is 2. The normalized spacial score (nSPS) is 17.7. The van der Waals surface area contributed by atoms with E-state index < -0.39 is 9.84 Å². The fraction of sp³-hybridized carbons (Fsp3) is 0.588. The van der Waals surface area contributed by atoms with Gasteiger partial charge in [0.15, 0.2) is 15.8 Å². The van der Waals surface area contributed by atoms with Crippen LogP contribution >= 0.6 is 35.6 Å². The van der Waals surface area contributed by atoms with Crippen molar-refractivity contribution in [2.75, 3.05) is 42.6 Å². The van der Waals surface area contributed by atoms with Crippen molar-refractivity contribution in [3.63, 3.8) is 0 Å². The number of guanidine groups is 1. The first-order valence-electron chi connectivity index (χ1n) is 8.69. The zero-order valence-electron chi connectivity index (χ0n) is 15.2. The van der Waals surface area contributed by atoms with E-state index in [1.54, 1.807) is 6.92 Å². The van der Waals surface area contributed by atoms with Crippen molar-refractivity contribution in [2.45, 2.75) is 26.3 Å². The maximum absolute atomic E-state index is 11.6. The first-order valence-corrected chi connectivity index (χ1v) is 10.9. The van der Waals surface area contributed by atoms with Crippen LogP contribution in [0.2, 0.25) is 5.02 Å². The number of hydrogen-bond donors (Lipinski definition) is 2. The van der Waals surface area contributed by atoms with Crippen LogP contribution in [-0.2, 0) is 9.84 Å². The van der Waals surface area contributed by atoms with Crippen LogP contribution in [0.3, 0.4) is 0 Å². The number of hydrogen-bond acceptors (Lipinski definition) is 4. The highest BCUT2D eigenvalue weighted by Crippen LogP contribution is 2.23. The Morgan fingerprint density at radius 1 is 1.38 bits per heavy atom. The van der Waals surface area contributed by atoms with E-state index in [-0.39, 0.29) is 48.1 Å². The molecule has 1 aliphatic rings. The van der Waals surface area contributed by atoms with Gasteiger partial charge >= 0.3 is 0 Å². The molecular formula is C17H28ClIN4O2S. The topological polar surface area (TPSA) is 73.8 Å². The zero-order valence-corrected chi connectivity index (χ0v) is 19.1. The first kappa shape index (κ1) is 23.3. The van der Waals surface area contributed by atoms with Crippen LogP contribution in [0.1, 0.15) is 20.3 Å². The molecule has 0 spiro atoms. The summed E-state index contributed by atoms with van der Waals surface area (Å²) >= 11 is 6.07. The van der Waals surface area contributed by atoms with E-state index in [2.05, 4.69) is 26.6 Å². The Morgan fingerprint density at radius 3 is 2.81 bits per heavy atom. The summed E-state index contributed by atoms with van der Waals surface area (Å²) in [7, 11) is -2.99. The molecule has 2 rings (SSSR count). The molecule has 1 heterocycles. The number of aliphatic imine (C=N–C) groups is 1. The molecule has 1 aromatic carbocycles. The van der Waals surface area contributed by atoms with Gasteiger partial charge in [-0.25, -0.2) is 8.42 Å². The van der Waals surface area contributed by atoms with Crippen molar-refractivity contribution in [3.05, 3.63) is 29.3 Å². The summed E-state index contributed by atoms with van der Waals surface area (Å²) < 4.78 is 23.2. The molecule has 0 aromatic heterocycles. The predicted octanol–water partition coefficient (Wildman–Crippen LogP) is 2.53. The average Bonchev–Trinajstić information content (AvgIpc) is 3.03. The second kappa shape index (κ2) is 11.2. The summed E-state index contributed by atoms with van der Waals surface area (Å²) in [4.78, 5) is 6.68. The molecule has 2 N–H and O–H groups in total. The van der Waals surface area contributed by atoms with Gasteiger partial charge in [-0.05, 0) is 31.5 Å². The molecule has 9 heteroatoms. The number of nitrogens with zero attached hydrogens (tertiary/aromatic N) is 2. The monoisotopic (exact) mass is 514 g/mol. The number of rotatable bonds is 7. The number of benzene rings is 1. The van der Waals surface area contributed by atoms with Crippen molar-refractivity contribution in [1.82, 2.24) is 10.6 Å². The molecule has 6 nitrogen and oxygen atoms in total. The van der Waals surface area contributed by atoms with Gasteiger partial charge < -0.3 is 15.5 Å². The third-order valence-electron chi connectivity index (χ3n) is 4.16. The van der Waals surface area contributed by atoms with Gasteiger partial charge in [0.25, 0.3) is 0 Å². The van der Waals surface area contributed by atoms with Crippen LogP contribution in [0.4, 0.5) is 5.69 Å². The van der Waals surface area contributed by atoms with Gasteiger partial charge in [0.1, 0.15) is 0 Å². The predicted molar refractivity (Wildman–Crippen MR) is 121 cm³/mol. The van der Waals surface area contributed by atoms with Crippen LogP contribution in [0.5, 0.6) is 0 Å². The van der Waals surface area contributed by atoms with Crippen molar-refractivity contribution >= 4 is 57.1 Å². The molecule has 26 heavy (non-hydrogen) atoms. The molecule has 1 fully saturated rings. The SMILES string of the molecule is CCNC(=NCCS(=O)(=O)CC)NC1CCN(c2cccc(Cl)c2)C1.I. The third kappa shape index (κ3) is 7.48. The highest BCUT2D eigenvalue weighted by atomic mass is 127. The van der Waals surface area contributed by atoms with E-state index in [4.69, 9.17) is 11.6 Å². The largest absolute Gasteiger partial charge is 0.369 e. The average molecular weight is 515 g/mol. The fourth-order valence-corrected chi connectivity index (χ4v) is 3.58. The lowest BCUT2D eigenvalue weighted by atomic mass is 10.3. The lowest BCUT2D eigenvalue weighted by molar-refractivity contribution is 0.597. The molecule has 1 aromatic rings. The van der Waals surface area contributed by atoms with E-state index in [1.807, 2.05) is 25.1 Å². The van der Waals surface area contributed by atoms with Gasteiger partial charge in [-0.3, -0.25) is 4.99 Å². The molecule has 148 valence electrons. The number of nitrogens with one attached hydrogen (secondary N) is 2. The summed E-state index contributed by atoms with van der Waals surface area (Å²) in [6.07, 6.45) is 0.990. The maximum Gasteiger partial charge on any atom is 0.191 e. The molecule has 1 aliphatic heterocycles. The molecule has 1 atom stereocenters. The minimum absolute atomic E-state index is 0. The highest BCUT2D eigenvalue weighted by molar-refractivity contribution is 14.0. The molecule has 0 amide bonds. The minimum atomic E-state index is -2.99.